The van der Waals surface area contributed by atoms with Crippen LogP contribution in [0.15, 0.2) is 42.5 Å². The van der Waals surface area contributed by atoms with Crippen LogP contribution in [0.3, 0.4) is 0 Å². The fourth-order valence-corrected chi connectivity index (χ4v) is 2.02. The summed E-state index contributed by atoms with van der Waals surface area (Å²) in [6.07, 6.45) is 0. The highest BCUT2D eigenvalue weighted by Gasteiger charge is 2.20. The Labute approximate surface area is 124 Å². The predicted molar refractivity (Wildman–Crippen MR) is 79.5 cm³/mol. The second kappa shape index (κ2) is 6.00. The minimum atomic E-state index is -0.649. The molecule has 2 aromatic rings. The highest BCUT2D eigenvalue weighted by molar-refractivity contribution is 5.92. The van der Waals surface area contributed by atoms with Gasteiger partial charge in [0.15, 0.2) is 0 Å². The molecule has 2 aromatic carbocycles. The number of carbonyl (C=O) groups excluding carboxylic acids is 1. The molecule has 0 aliphatic rings. The van der Waals surface area contributed by atoms with Gasteiger partial charge in [0.2, 0.25) is 5.91 Å². The molecule has 0 saturated heterocycles. The van der Waals surface area contributed by atoms with Crippen molar-refractivity contribution in [3.05, 3.63) is 62.7 Å². The van der Waals surface area contributed by atoms with Gasteiger partial charge in [0.05, 0.1) is 15.4 Å². The van der Waals surface area contributed by atoms with Gasteiger partial charge >= 0.3 is 0 Å². The number of carbonyl (C=O) groups is 1. The summed E-state index contributed by atoms with van der Waals surface area (Å²) < 4.78 is 0. The van der Waals surface area contributed by atoms with Crippen LogP contribution in [0, 0.1) is 20.2 Å². The maximum atomic E-state index is 11.1. The standard InChI is InChI=1S/C14H11N3O5/c1-9(18)15-12-7-6-10(8-14(12)17(21)22)11-4-2-3-5-13(11)16(19)20/h2-8H,1H3,(H,15,18). The number of nitrogens with zero attached hydrogens (tertiary/aromatic N) is 2. The Bertz CT molecular complexity index is 773. The van der Waals surface area contributed by atoms with E-state index in [4.69, 9.17) is 0 Å². The molecule has 2 rings (SSSR count). The van der Waals surface area contributed by atoms with Crippen molar-refractivity contribution in [2.45, 2.75) is 6.92 Å². The van der Waals surface area contributed by atoms with Crippen LogP contribution in [-0.4, -0.2) is 15.8 Å². The first-order valence-electron chi connectivity index (χ1n) is 6.20. The molecule has 0 saturated carbocycles. The zero-order valence-corrected chi connectivity index (χ0v) is 11.5. The molecule has 0 heterocycles. The molecule has 0 bridgehead atoms. The summed E-state index contributed by atoms with van der Waals surface area (Å²) in [6, 6.07) is 10.00. The molecule has 0 aliphatic carbocycles. The summed E-state index contributed by atoms with van der Waals surface area (Å²) in [5.74, 6) is -0.443. The third-order valence-electron chi connectivity index (χ3n) is 2.92. The van der Waals surface area contributed by atoms with E-state index in [1.54, 1.807) is 6.07 Å². The molecule has 8 nitrogen and oxygen atoms in total. The topological polar surface area (TPSA) is 115 Å². The smallest absolute Gasteiger partial charge is 0.293 e. The number of nitrogens with one attached hydrogen (secondary N) is 1. The molecule has 8 heteroatoms. The van der Waals surface area contributed by atoms with E-state index < -0.39 is 15.8 Å². The monoisotopic (exact) mass is 301 g/mol. The highest BCUT2D eigenvalue weighted by atomic mass is 16.6. The summed E-state index contributed by atoms with van der Waals surface area (Å²) in [6.45, 7) is 1.24. The lowest BCUT2D eigenvalue weighted by molar-refractivity contribution is -0.384. The van der Waals surface area contributed by atoms with Crippen molar-refractivity contribution in [2.24, 2.45) is 0 Å². The molecule has 0 aliphatic heterocycles. The van der Waals surface area contributed by atoms with E-state index in [0.29, 0.717) is 5.56 Å². The Morgan fingerprint density at radius 1 is 1.00 bits per heavy atom. The number of para-hydroxylation sites is 1. The first-order valence-corrected chi connectivity index (χ1v) is 6.20. The lowest BCUT2D eigenvalue weighted by Crippen LogP contribution is -2.08. The van der Waals surface area contributed by atoms with Crippen LogP contribution in [0.5, 0.6) is 0 Å². The van der Waals surface area contributed by atoms with Crippen LogP contribution >= 0.6 is 0 Å². The first kappa shape index (κ1) is 15.1. The first-order chi connectivity index (χ1) is 10.4. The molecule has 1 amide bonds. The van der Waals surface area contributed by atoms with Gasteiger partial charge in [-0.15, -0.1) is 0 Å². The Morgan fingerprint density at radius 3 is 2.23 bits per heavy atom. The van der Waals surface area contributed by atoms with Gasteiger partial charge in [0.1, 0.15) is 5.69 Å². The van der Waals surface area contributed by atoms with Crippen LogP contribution in [-0.2, 0) is 4.79 Å². The van der Waals surface area contributed by atoms with E-state index in [0.717, 1.165) is 0 Å². The Morgan fingerprint density at radius 2 is 1.64 bits per heavy atom. The van der Waals surface area contributed by atoms with E-state index >= 15 is 0 Å². The second-order valence-electron chi connectivity index (χ2n) is 4.44. The van der Waals surface area contributed by atoms with Crippen molar-refractivity contribution in [1.29, 1.82) is 0 Å². The Hall–Kier alpha value is -3.29. The highest BCUT2D eigenvalue weighted by Crippen LogP contribution is 2.34. The number of nitro groups is 2. The third-order valence-corrected chi connectivity index (χ3v) is 2.92. The average molecular weight is 301 g/mol. The zero-order valence-electron chi connectivity index (χ0n) is 11.5. The van der Waals surface area contributed by atoms with Gasteiger partial charge in [0, 0.05) is 19.1 Å². The number of nitro benzene ring substituents is 2. The number of rotatable bonds is 4. The number of anilines is 1. The maximum absolute atomic E-state index is 11.1. The van der Waals surface area contributed by atoms with Crippen molar-refractivity contribution in [3.8, 4) is 11.1 Å². The number of benzene rings is 2. The van der Waals surface area contributed by atoms with E-state index in [-0.39, 0.29) is 22.6 Å². The third kappa shape index (κ3) is 3.06. The summed E-state index contributed by atoms with van der Waals surface area (Å²) in [5, 5.41) is 24.5. The van der Waals surface area contributed by atoms with E-state index in [1.807, 2.05) is 0 Å². The fraction of sp³-hybridized carbons (Fsp3) is 0.0714. The van der Waals surface area contributed by atoms with Crippen LogP contribution in [0.25, 0.3) is 11.1 Å². The minimum absolute atomic E-state index is 0.0415. The molecule has 1 N–H and O–H groups in total. The van der Waals surface area contributed by atoms with Crippen LogP contribution in [0.1, 0.15) is 6.92 Å². The number of hydrogen-bond donors (Lipinski definition) is 1. The van der Waals surface area contributed by atoms with Crippen molar-refractivity contribution in [2.75, 3.05) is 5.32 Å². The van der Waals surface area contributed by atoms with E-state index in [1.165, 1.54) is 43.3 Å². The van der Waals surface area contributed by atoms with Gasteiger partial charge in [-0.1, -0.05) is 18.2 Å². The number of hydrogen-bond acceptors (Lipinski definition) is 5. The maximum Gasteiger partial charge on any atom is 0.293 e. The zero-order chi connectivity index (χ0) is 16.3. The van der Waals surface area contributed by atoms with Crippen molar-refractivity contribution in [1.82, 2.24) is 0 Å². The molecule has 0 atom stereocenters. The largest absolute Gasteiger partial charge is 0.321 e. The Balaban J connectivity index is 2.59. The molecule has 0 aromatic heterocycles. The van der Waals surface area contributed by atoms with Crippen molar-refractivity contribution >= 4 is 23.0 Å². The summed E-state index contributed by atoms with van der Waals surface area (Å²) in [4.78, 5) is 32.0. The molecule has 0 spiro atoms. The second-order valence-corrected chi connectivity index (χ2v) is 4.44. The molecular formula is C14H11N3O5. The average Bonchev–Trinajstić information content (AvgIpc) is 2.46. The van der Waals surface area contributed by atoms with Crippen LogP contribution < -0.4 is 5.32 Å². The van der Waals surface area contributed by atoms with Gasteiger partial charge in [0.25, 0.3) is 11.4 Å². The minimum Gasteiger partial charge on any atom is -0.321 e. The lowest BCUT2D eigenvalue weighted by Gasteiger charge is -2.07. The van der Waals surface area contributed by atoms with Crippen molar-refractivity contribution in [3.63, 3.8) is 0 Å². The van der Waals surface area contributed by atoms with Gasteiger partial charge < -0.3 is 5.32 Å². The lowest BCUT2D eigenvalue weighted by atomic mass is 10.0. The normalized spacial score (nSPS) is 10.0. The Kier molecular flexibility index (Phi) is 4.12. The fourth-order valence-electron chi connectivity index (χ4n) is 2.02. The molecule has 112 valence electrons. The molecule has 0 fully saturated rings. The van der Waals surface area contributed by atoms with Crippen LogP contribution in [0.2, 0.25) is 0 Å². The quantitative estimate of drug-likeness (QED) is 0.688. The predicted octanol–water partition coefficient (Wildman–Crippen LogP) is 3.13. The van der Waals surface area contributed by atoms with Gasteiger partial charge in [-0.3, -0.25) is 25.0 Å². The summed E-state index contributed by atoms with van der Waals surface area (Å²) in [5.41, 5.74) is 0.160. The van der Waals surface area contributed by atoms with Gasteiger partial charge in [-0.05, 0) is 17.7 Å². The molecule has 0 radical (unpaired) electrons. The van der Waals surface area contributed by atoms with Crippen molar-refractivity contribution < 1.29 is 14.6 Å². The van der Waals surface area contributed by atoms with E-state index in [9.17, 15) is 25.0 Å². The molecule has 22 heavy (non-hydrogen) atoms. The van der Waals surface area contributed by atoms with Gasteiger partial charge in [-0.25, -0.2) is 0 Å². The molecule has 0 unspecified atom stereocenters. The van der Waals surface area contributed by atoms with Crippen LogP contribution in [0.4, 0.5) is 17.1 Å². The van der Waals surface area contributed by atoms with Gasteiger partial charge in [-0.2, -0.15) is 0 Å². The SMILES string of the molecule is CC(=O)Nc1ccc(-c2ccccc2[N+](=O)[O-])cc1[N+](=O)[O-]. The van der Waals surface area contributed by atoms with E-state index in [2.05, 4.69) is 5.32 Å². The summed E-state index contributed by atoms with van der Waals surface area (Å²) >= 11 is 0. The molecular weight excluding hydrogens is 290 g/mol. The number of amides is 1. The summed E-state index contributed by atoms with van der Waals surface area (Å²) in [7, 11) is 0.